The summed E-state index contributed by atoms with van der Waals surface area (Å²) in [6, 6.07) is 11.4. The molecule has 4 nitrogen and oxygen atoms in total. The van der Waals surface area contributed by atoms with Gasteiger partial charge in [-0.2, -0.15) is 13.2 Å². The summed E-state index contributed by atoms with van der Waals surface area (Å²) in [5.74, 6) is 1.53. The maximum atomic E-state index is 12.6. The lowest BCUT2D eigenvalue weighted by Crippen LogP contribution is -2.46. The van der Waals surface area contributed by atoms with Gasteiger partial charge in [0, 0.05) is 26.2 Å². The number of hydrogen-bond donors (Lipinski definition) is 0. The minimum atomic E-state index is -4.31. The number of rotatable bonds is 16. The molecule has 2 aromatic carbocycles. The van der Waals surface area contributed by atoms with Crippen molar-refractivity contribution < 1.29 is 22.6 Å². The minimum absolute atomic E-state index is 0.0899. The number of ether oxygens (including phenoxy) is 2. The number of aryl methyl sites for hydroxylation is 1. The van der Waals surface area contributed by atoms with Crippen LogP contribution in [-0.2, 0) is 11.6 Å². The molecule has 41 heavy (non-hydrogen) atoms. The molecule has 0 aliphatic carbocycles. The highest BCUT2D eigenvalue weighted by Gasteiger charge is 2.30. The molecule has 1 heterocycles. The summed E-state index contributed by atoms with van der Waals surface area (Å²) < 4.78 is 49.7. The van der Waals surface area contributed by atoms with Crippen molar-refractivity contribution in [2.45, 2.75) is 90.7 Å². The van der Waals surface area contributed by atoms with E-state index in [9.17, 15) is 13.2 Å². The molecule has 1 aliphatic heterocycles. The zero-order valence-corrected chi connectivity index (χ0v) is 25.7. The quantitative estimate of drug-likeness (QED) is 0.187. The summed E-state index contributed by atoms with van der Waals surface area (Å²) in [5.41, 5.74) is 2.02. The first-order valence-electron chi connectivity index (χ1n) is 15.5. The Hall–Kier alpha value is -2.25. The van der Waals surface area contributed by atoms with Crippen LogP contribution in [0.3, 0.4) is 0 Å². The van der Waals surface area contributed by atoms with Gasteiger partial charge in [-0.15, -0.1) is 0 Å². The number of halogens is 3. The average Bonchev–Trinajstić information content (AvgIpc) is 2.92. The second kappa shape index (κ2) is 16.4. The van der Waals surface area contributed by atoms with Gasteiger partial charge in [-0.1, -0.05) is 64.2 Å². The van der Waals surface area contributed by atoms with Crippen molar-refractivity contribution in [3.63, 3.8) is 0 Å². The van der Waals surface area contributed by atoms with Crippen LogP contribution in [0.4, 0.5) is 13.2 Å². The summed E-state index contributed by atoms with van der Waals surface area (Å²) in [4.78, 5) is 5.10. The molecule has 0 saturated carbocycles. The van der Waals surface area contributed by atoms with Gasteiger partial charge in [0.1, 0.15) is 11.5 Å². The molecule has 0 radical (unpaired) electrons. The zero-order chi connectivity index (χ0) is 29.7. The average molecular weight is 577 g/mol. The van der Waals surface area contributed by atoms with Crippen LogP contribution in [-0.4, -0.2) is 62.3 Å². The second-order valence-electron chi connectivity index (χ2n) is 12.5. The van der Waals surface area contributed by atoms with Gasteiger partial charge < -0.3 is 19.3 Å². The lowest BCUT2D eigenvalue weighted by molar-refractivity contribution is -0.137. The molecule has 0 aromatic heterocycles. The van der Waals surface area contributed by atoms with E-state index in [-0.39, 0.29) is 5.41 Å². The molecule has 0 N–H and O–H groups in total. The van der Waals surface area contributed by atoms with E-state index in [0.717, 1.165) is 76.5 Å². The fourth-order valence-corrected chi connectivity index (χ4v) is 5.29. The van der Waals surface area contributed by atoms with E-state index in [0.29, 0.717) is 12.4 Å². The van der Waals surface area contributed by atoms with Gasteiger partial charge in [0.15, 0.2) is 0 Å². The predicted molar refractivity (Wildman–Crippen MR) is 162 cm³/mol. The molecule has 7 heteroatoms. The van der Waals surface area contributed by atoms with Crippen LogP contribution in [0.25, 0.3) is 0 Å². The minimum Gasteiger partial charge on any atom is -0.494 e. The Kier molecular flexibility index (Phi) is 13.3. The fraction of sp³-hybridized carbons (Fsp3) is 0.647. The molecule has 230 valence electrons. The van der Waals surface area contributed by atoms with Crippen molar-refractivity contribution in [3.8, 4) is 11.5 Å². The van der Waals surface area contributed by atoms with Crippen molar-refractivity contribution in [1.82, 2.24) is 9.80 Å². The molecule has 0 bridgehead atoms. The standard InChI is InChI=1S/C34H51F3N2O2/c1-28-13-18-32(31(27-28)33(2,3)4)41-26-11-8-6-5-7-9-19-38-21-23-39(24-22-38)20-10-12-25-40-30-16-14-29(15-17-30)34(35,36)37/h13-18,27H,5-12,19-26H2,1-4H3. The first-order chi connectivity index (χ1) is 19.5. The number of alkyl halides is 3. The Labute approximate surface area is 246 Å². The van der Waals surface area contributed by atoms with Crippen LogP contribution < -0.4 is 9.47 Å². The maximum Gasteiger partial charge on any atom is 0.416 e. The number of hydrogen-bond acceptors (Lipinski definition) is 4. The highest BCUT2D eigenvalue weighted by molar-refractivity contribution is 5.41. The van der Waals surface area contributed by atoms with Crippen molar-refractivity contribution in [1.29, 1.82) is 0 Å². The molecule has 1 fully saturated rings. The number of unbranched alkanes of at least 4 members (excludes halogenated alkanes) is 6. The lowest BCUT2D eigenvalue weighted by atomic mass is 9.85. The van der Waals surface area contributed by atoms with Gasteiger partial charge in [0.2, 0.25) is 0 Å². The van der Waals surface area contributed by atoms with Gasteiger partial charge in [-0.25, -0.2) is 0 Å². The molecule has 1 saturated heterocycles. The largest absolute Gasteiger partial charge is 0.494 e. The van der Waals surface area contributed by atoms with E-state index in [1.165, 1.54) is 61.9 Å². The summed E-state index contributed by atoms with van der Waals surface area (Å²) in [6.07, 6.45) is 5.11. The third kappa shape index (κ3) is 12.3. The third-order valence-corrected chi connectivity index (χ3v) is 7.85. The normalized spacial score (nSPS) is 15.3. The maximum absolute atomic E-state index is 12.6. The van der Waals surface area contributed by atoms with E-state index < -0.39 is 11.7 Å². The number of benzene rings is 2. The Bertz CT molecular complexity index is 1010. The first kappa shape index (κ1) is 33.3. The highest BCUT2D eigenvalue weighted by atomic mass is 19.4. The van der Waals surface area contributed by atoms with Gasteiger partial charge >= 0.3 is 6.18 Å². The van der Waals surface area contributed by atoms with Crippen LogP contribution >= 0.6 is 0 Å². The Morgan fingerprint density at radius 3 is 1.76 bits per heavy atom. The smallest absolute Gasteiger partial charge is 0.416 e. The monoisotopic (exact) mass is 576 g/mol. The Morgan fingerprint density at radius 1 is 0.659 bits per heavy atom. The molecule has 2 aromatic rings. The van der Waals surface area contributed by atoms with Crippen LogP contribution in [0.5, 0.6) is 11.5 Å². The molecule has 0 amide bonds. The van der Waals surface area contributed by atoms with Crippen molar-refractivity contribution >= 4 is 0 Å². The summed E-state index contributed by atoms with van der Waals surface area (Å²) in [5, 5.41) is 0. The summed E-state index contributed by atoms with van der Waals surface area (Å²) in [7, 11) is 0. The van der Waals surface area contributed by atoms with Gasteiger partial charge in [-0.05, 0) is 87.0 Å². The molecular formula is C34H51F3N2O2. The number of piperazine rings is 1. The van der Waals surface area contributed by atoms with E-state index in [4.69, 9.17) is 9.47 Å². The lowest BCUT2D eigenvalue weighted by Gasteiger charge is -2.34. The first-order valence-corrected chi connectivity index (χ1v) is 15.5. The van der Waals surface area contributed by atoms with Crippen LogP contribution in [0.2, 0.25) is 0 Å². The number of nitrogens with zero attached hydrogens (tertiary/aromatic N) is 2. The van der Waals surface area contributed by atoms with Crippen LogP contribution in [0.15, 0.2) is 42.5 Å². The zero-order valence-electron chi connectivity index (χ0n) is 25.7. The molecular weight excluding hydrogens is 525 g/mol. The van der Waals surface area contributed by atoms with Crippen molar-refractivity contribution in [3.05, 3.63) is 59.2 Å². The van der Waals surface area contributed by atoms with Gasteiger partial charge in [0.25, 0.3) is 0 Å². The van der Waals surface area contributed by atoms with Crippen LogP contribution in [0.1, 0.15) is 88.8 Å². The third-order valence-electron chi connectivity index (χ3n) is 7.85. The molecule has 0 atom stereocenters. The second-order valence-corrected chi connectivity index (χ2v) is 12.5. The molecule has 0 unspecified atom stereocenters. The molecule has 0 spiro atoms. The van der Waals surface area contributed by atoms with Gasteiger partial charge in [0.05, 0.1) is 18.8 Å². The van der Waals surface area contributed by atoms with E-state index >= 15 is 0 Å². The predicted octanol–water partition coefficient (Wildman–Crippen LogP) is 8.51. The Morgan fingerprint density at radius 2 is 1.17 bits per heavy atom. The van der Waals surface area contributed by atoms with Crippen LogP contribution in [0, 0.1) is 6.92 Å². The van der Waals surface area contributed by atoms with E-state index in [2.05, 4.69) is 55.7 Å². The van der Waals surface area contributed by atoms with Crippen molar-refractivity contribution in [2.75, 3.05) is 52.5 Å². The van der Waals surface area contributed by atoms with Crippen molar-refractivity contribution in [2.24, 2.45) is 0 Å². The Balaban J connectivity index is 1.14. The molecule has 3 rings (SSSR count). The summed E-state index contributed by atoms with van der Waals surface area (Å²) >= 11 is 0. The van der Waals surface area contributed by atoms with E-state index in [1.54, 1.807) is 0 Å². The fourth-order valence-electron chi connectivity index (χ4n) is 5.29. The molecule has 1 aliphatic rings. The summed E-state index contributed by atoms with van der Waals surface area (Å²) in [6.45, 7) is 16.9. The van der Waals surface area contributed by atoms with Gasteiger partial charge in [-0.3, -0.25) is 0 Å². The highest BCUT2D eigenvalue weighted by Crippen LogP contribution is 2.32. The van der Waals surface area contributed by atoms with E-state index in [1.807, 2.05) is 0 Å². The topological polar surface area (TPSA) is 24.9 Å². The SMILES string of the molecule is Cc1ccc(OCCCCCCCCN2CCN(CCCCOc3ccc(C(F)(F)F)cc3)CC2)c(C(C)(C)C)c1.